The van der Waals surface area contributed by atoms with Crippen LogP contribution in [0.15, 0.2) is 48.5 Å². The number of likely N-dealkylation sites (N-methyl/N-ethyl adjacent to an activating group) is 1. The number of nitrogens with one attached hydrogen (secondary N) is 1. The van der Waals surface area contributed by atoms with E-state index in [2.05, 4.69) is 64.6 Å². The highest BCUT2D eigenvalue weighted by Gasteiger charge is 2.46. The van der Waals surface area contributed by atoms with Crippen molar-refractivity contribution in [3.05, 3.63) is 65.2 Å². The summed E-state index contributed by atoms with van der Waals surface area (Å²) >= 11 is 0. The molecule has 2 aromatic carbocycles. The first kappa shape index (κ1) is 17.7. The average Bonchev–Trinajstić information content (AvgIpc) is 3.19. The van der Waals surface area contributed by atoms with Gasteiger partial charge < -0.3 is 19.9 Å². The number of carbonyl (C=O) groups is 1. The fourth-order valence-electron chi connectivity index (χ4n) is 4.87. The highest BCUT2D eigenvalue weighted by molar-refractivity contribution is 5.95. The van der Waals surface area contributed by atoms with Gasteiger partial charge in [0, 0.05) is 36.3 Å². The lowest BCUT2D eigenvalue weighted by Gasteiger charge is -2.27. The predicted molar refractivity (Wildman–Crippen MR) is 110 cm³/mol. The minimum absolute atomic E-state index is 0.0131. The zero-order valence-electron chi connectivity index (χ0n) is 16.4. The number of rotatable bonds is 4. The van der Waals surface area contributed by atoms with Gasteiger partial charge in [0.25, 0.3) is 5.91 Å². The van der Waals surface area contributed by atoms with Crippen molar-refractivity contribution in [1.29, 1.82) is 0 Å². The second-order valence-corrected chi connectivity index (χ2v) is 8.55. The molecule has 3 heterocycles. The Labute approximate surface area is 166 Å². The van der Waals surface area contributed by atoms with Gasteiger partial charge in [-0.05, 0) is 49.3 Å². The molecular weight excluding hydrogens is 350 g/mol. The first-order valence-corrected chi connectivity index (χ1v) is 10.1. The van der Waals surface area contributed by atoms with Crippen LogP contribution in [0, 0.1) is 0 Å². The molecule has 2 fully saturated rings. The van der Waals surface area contributed by atoms with Crippen molar-refractivity contribution in [1.82, 2.24) is 10.2 Å². The van der Waals surface area contributed by atoms with E-state index in [4.69, 9.17) is 4.74 Å². The van der Waals surface area contributed by atoms with Gasteiger partial charge in [0.1, 0.15) is 0 Å². The lowest BCUT2D eigenvalue weighted by Crippen LogP contribution is -2.48. The van der Waals surface area contributed by atoms with Crippen molar-refractivity contribution in [2.24, 2.45) is 0 Å². The molecule has 0 aromatic heterocycles. The molecule has 0 bridgehead atoms. The molecule has 0 saturated carbocycles. The monoisotopic (exact) mass is 377 g/mol. The van der Waals surface area contributed by atoms with Crippen LogP contribution in [-0.2, 0) is 16.7 Å². The number of amides is 1. The van der Waals surface area contributed by atoms with Crippen molar-refractivity contribution in [2.75, 3.05) is 44.8 Å². The maximum absolute atomic E-state index is 12.7. The zero-order chi connectivity index (χ0) is 19.1. The Bertz CT molecular complexity index is 881. The number of hydrogen-bond donors (Lipinski definition) is 1. The van der Waals surface area contributed by atoms with E-state index in [0.717, 1.165) is 38.2 Å². The molecule has 1 amide bonds. The molecule has 5 rings (SSSR count). The Kier molecular flexibility index (Phi) is 4.37. The second-order valence-electron chi connectivity index (χ2n) is 8.55. The molecule has 2 aromatic rings. The summed E-state index contributed by atoms with van der Waals surface area (Å²) in [5, 5.41) is 3.07. The summed E-state index contributed by atoms with van der Waals surface area (Å²) in [5.41, 5.74) is 4.83. The lowest BCUT2D eigenvalue weighted by molar-refractivity contribution is -0.00346. The zero-order valence-corrected chi connectivity index (χ0v) is 16.4. The predicted octanol–water partition coefficient (Wildman–Crippen LogP) is 2.41. The van der Waals surface area contributed by atoms with E-state index >= 15 is 0 Å². The fraction of sp³-hybridized carbons (Fsp3) is 0.435. The quantitative estimate of drug-likeness (QED) is 0.889. The van der Waals surface area contributed by atoms with E-state index in [-0.39, 0.29) is 17.4 Å². The molecule has 5 nitrogen and oxygen atoms in total. The van der Waals surface area contributed by atoms with Gasteiger partial charge in [-0.15, -0.1) is 0 Å². The molecule has 1 spiro atoms. The van der Waals surface area contributed by atoms with Crippen LogP contribution in [0.5, 0.6) is 0 Å². The normalized spacial score (nSPS) is 24.4. The molecule has 0 aliphatic carbocycles. The van der Waals surface area contributed by atoms with E-state index in [1.54, 1.807) is 0 Å². The van der Waals surface area contributed by atoms with Crippen LogP contribution in [0.25, 0.3) is 0 Å². The first-order chi connectivity index (χ1) is 13.6. The van der Waals surface area contributed by atoms with E-state index in [0.29, 0.717) is 13.2 Å². The molecule has 0 radical (unpaired) electrons. The van der Waals surface area contributed by atoms with Crippen LogP contribution in [0.3, 0.4) is 0 Å². The van der Waals surface area contributed by atoms with E-state index in [1.807, 2.05) is 6.07 Å². The van der Waals surface area contributed by atoms with Crippen molar-refractivity contribution < 1.29 is 9.53 Å². The second kappa shape index (κ2) is 6.90. The summed E-state index contributed by atoms with van der Waals surface area (Å²) in [6.07, 6.45) is 1.14. The summed E-state index contributed by atoms with van der Waals surface area (Å²) in [6.45, 7) is 5.32. The highest BCUT2D eigenvalue weighted by atomic mass is 16.5. The van der Waals surface area contributed by atoms with Gasteiger partial charge in [-0.1, -0.05) is 30.3 Å². The van der Waals surface area contributed by atoms with Gasteiger partial charge in [0.2, 0.25) is 0 Å². The maximum Gasteiger partial charge on any atom is 0.251 e. The first-order valence-electron chi connectivity index (χ1n) is 10.1. The Morgan fingerprint density at radius 2 is 2.00 bits per heavy atom. The number of fused-ring (bicyclic) bond motifs is 2. The third kappa shape index (κ3) is 3.09. The summed E-state index contributed by atoms with van der Waals surface area (Å²) in [5.74, 6) is 0.0131. The number of nitrogens with zero attached hydrogens (tertiary/aromatic N) is 2. The molecule has 3 aliphatic rings. The molecule has 5 heteroatoms. The topological polar surface area (TPSA) is 44.8 Å². The molecule has 3 aliphatic heterocycles. The summed E-state index contributed by atoms with van der Waals surface area (Å²) in [6, 6.07) is 17.1. The minimum atomic E-state index is 0.0131. The van der Waals surface area contributed by atoms with Crippen molar-refractivity contribution >= 4 is 11.6 Å². The smallest absolute Gasteiger partial charge is 0.251 e. The Balaban J connectivity index is 1.46. The minimum Gasteiger partial charge on any atom is -0.377 e. The van der Waals surface area contributed by atoms with Crippen molar-refractivity contribution in [3.63, 3.8) is 0 Å². The van der Waals surface area contributed by atoms with Crippen LogP contribution >= 0.6 is 0 Å². The van der Waals surface area contributed by atoms with Crippen LogP contribution in [0.1, 0.15) is 27.9 Å². The number of carbonyl (C=O) groups excluding carboxylic acids is 1. The van der Waals surface area contributed by atoms with Crippen LogP contribution in [-0.4, -0.2) is 56.7 Å². The Morgan fingerprint density at radius 1 is 1.18 bits per heavy atom. The van der Waals surface area contributed by atoms with Gasteiger partial charge in [-0.2, -0.15) is 0 Å². The Hall–Kier alpha value is -2.37. The fourth-order valence-corrected chi connectivity index (χ4v) is 4.87. The molecule has 2 saturated heterocycles. The third-order valence-corrected chi connectivity index (χ3v) is 6.40. The van der Waals surface area contributed by atoms with Crippen molar-refractivity contribution in [2.45, 2.75) is 24.4 Å². The Morgan fingerprint density at radius 3 is 2.68 bits per heavy atom. The molecule has 28 heavy (non-hydrogen) atoms. The third-order valence-electron chi connectivity index (χ3n) is 6.40. The molecule has 146 valence electrons. The number of benzene rings is 2. The number of anilines is 1. The summed E-state index contributed by atoms with van der Waals surface area (Å²) in [7, 11) is 2.20. The molecule has 1 N–H and O–H groups in total. The lowest BCUT2D eigenvalue weighted by atomic mass is 9.81. The van der Waals surface area contributed by atoms with Crippen LogP contribution in [0.4, 0.5) is 5.69 Å². The standard InChI is InChI=1S/C23H27N3O2/c1-25-10-9-23(15-25)16-26(12-17-5-3-2-4-6-17)21-8-7-18(11-20(21)23)22(27)24-19-13-28-14-19/h2-8,11,19H,9-10,12-16H2,1H3,(H,24,27). The van der Waals surface area contributed by atoms with Gasteiger partial charge in [-0.25, -0.2) is 0 Å². The molecule has 1 unspecified atom stereocenters. The number of hydrogen-bond acceptors (Lipinski definition) is 4. The van der Waals surface area contributed by atoms with Gasteiger partial charge in [0.05, 0.1) is 19.3 Å². The summed E-state index contributed by atoms with van der Waals surface area (Å²) in [4.78, 5) is 17.6. The molecule has 1 atom stereocenters. The largest absolute Gasteiger partial charge is 0.377 e. The van der Waals surface area contributed by atoms with E-state index in [1.165, 1.54) is 16.8 Å². The van der Waals surface area contributed by atoms with Crippen LogP contribution in [0.2, 0.25) is 0 Å². The highest BCUT2D eigenvalue weighted by Crippen LogP contribution is 2.47. The van der Waals surface area contributed by atoms with Crippen molar-refractivity contribution in [3.8, 4) is 0 Å². The van der Waals surface area contributed by atoms with Crippen LogP contribution < -0.4 is 10.2 Å². The maximum atomic E-state index is 12.7. The van der Waals surface area contributed by atoms with Gasteiger partial charge in [0.15, 0.2) is 0 Å². The van der Waals surface area contributed by atoms with E-state index in [9.17, 15) is 4.79 Å². The van der Waals surface area contributed by atoms with Gasteiger partial charge >= 0.3 is 0 Å². The SMILES string of the molecule is CN1CCC2(C1)CN(Cc1ccccc1)c1ccc(C(=O)NC3COC3)cc12. The summed E-state index contributed by atoms with van der Waals surface area (Å²) < 4.78 is 5.18. The van der Waals surface area contributed by atoms with E-state index < -0.39 is 0 Å². The number of likely N-dealkylation sites (tertiary alicyclic amines) is 1. The molecular formula is C23H27N3O2. The number of ether oxygens (including phenoxy) is 1. The average molecular weight is 377 g/mol. The van der Waals surface area contributed by atoms with Gasteiger partial charge in [-0.3, -0.25) is 4.79 Å².